The van der Waals surface area contributed by atoms with Crippen molar-refractivity contribution < 1.29 is 42.7 Å². The molecule has 2 aromatic rings. The van der Waals surface area contributed by atoms with Crippen molar-refractivity contribution in [2.45, 2.75) is 101 Å². The van der Waals surface area contributed by atoms with E-state index in [4.69, 9.17) is 33.2 Å². The van der Waals surface area contributed by atoms with Crippen molar-refractivity contribution in [2.24, 2.45) is 11.3 Å². The first kappa shape index (κ1) is 33.4. The number of methoxy groups -OCH3 is 2. The van der Waals surface area contributed by atoms with Crippen LogP contribution in [0.15, 0.2) is 65.6 Å². The number of carbonyl (C=O) groups is 2. The maximum atomic E-state index is 13.2. The van der Waals surface area contributed by atoms with Crippen LogP contribution < -0.4 is 0 Å². The summed E-state index contributed by atoms with van der Waals surface area (Å²) in [5.74, 6) is -1.05. The molecule has 0 spiro atoms. The second-order valence-corrected chi connectivity index (χ2v) is 13.2. The molecule has 43 heavy (non-hydrogen) atoms. The second-order valence-electron chi connectivity index (χ2n) is 12.1. The van der Waals surface area contributed by atoms with Crippen molar-refractivity contribution in [3.8, 4) is 0 Å². The Hall–Kier alpha value is -2.47. The number of carbonyl (C=O) groups excluding carboxylic acids is 2. The number of rotatable bonds is 9. The average Bonchev–Trinajstić information content (AvgIpc) is 2.98. The quantitative estimate of drug-likeness (QED) is 0.336. The van der Waals surface area contributed by atoms with Gasteiger partial charge in [-0.1, -0.05) is 55.1 Å². The molecule has 10 unspecified atom stereocenters. The summed E-state index contributed by atoms with van der Waals surface area (Å²) < 4.78 is 43.1. The number of hydrogen-bond donors (Lipinski definition) is 0. The first-order valence-electron chi connectivity index (χ1n) is 14.6. The van der Waals surface area contributed by atoms with Gasteiger partial charge in [-0.05, 0) is 58.9 Å². The van der Waals surface area contributed by atoms with E-state index >= 15 is 0 Å². The van der Waals surface area contributed by atoms with Gasteiger partial charge in [0.25, 0.3) is 0 Å². The highest BCUT2D eigenvalue weighted by Crippen LogP contribution is 2.40. The van der Waals surface area contributed by atoms with Gasteiger partial charge >= 0.3 is 11.9 Å². The average molecular weight is 617 g/mol. The molecule has 2 aromatic carbocycles. The van der Waals surface area contributed by atoms with Crippen LogP contribution in [-0.4, -0.2) is 80.6 Å². The van der Waals surface area contributed by atoms with E-state index in [0.29, 0.717) is 5.56 Å². The topological polar surface area (TPSA) is 98.8 Å². The van der Waals surface area contributed by atoms with Crippen molar-refractivity contribution in [3.63, 3.8) is 0 Å². The zero-order chi connectivity index (χ0) is 31.3. The van der Waals surface area contributed by atoms with Gasteiger partial charge in [0, 0.05) is 25.0 Å². The predicted molar refractivity (Wildman–Crippen MR) is 162 cm³/mol. The van der Waals surface area contributed by atoms with Crippen LogP contribution in [0.2, 0.25) is 0 Å². The van der Waals surface area contributed by atoms with E-state index in [1.54, 1.807) is 70.8 Å². The molecule has 0 radical (unpaired) electrons. The molecule has 2 heterocycles. The predicted octanol–water partition coefficient (Wildman–Crippen LogP) is 5.50. The molecule has 4 rings (SSSR count). The standard InChI is InChI=1S/C33H44O9S/c1-19-24(36-7)25(21(3)39-31(19)43-23-17-13-10-14-18-23)41-30-28(42-32(35)33(4,5)6)27(37-8)26(20(2)38-30)40-29(34)22-15-11-9-12-16-22/h9-21,24-28,30-31H,1-8H3. The monoisotopic (exact) mass is 616 g/mol. The minimum absolute atomic E-state index is 0.0502. The Bertz CT molecular complexity index is 1190. The Kier molecular flexibility index (Phi) is 11.3. The van der Waals surface area contributed by atoms with Crippen LogP contribution in [-0.2, 0) is 38.0 Å². The van der Waals surface area contributed by atoms with Crippen LogP contribution in [0.4, 0.5) is 0 Å². The van der Waals surface area contributed by atoms with Crippen molar-refractivity contribution in [1.82, 2.24) is 0 Å². The van der Waals surface area contributed by atoms with Crippen LogP contribution in [0.1, 0.15) is 51.9 Å². The summed E-state index contributed by atoms with van der Waals surface area (Å²) in [6, 6.07) is 18.7. The highest BCUT2D eigenvalue weighted by atomic mass is 32.2. The van der Waals surface area contributed by atoms with E-state index in [-0.39, 0.29) is 23.6 Å². The lowest BCUT2D eigenvalue weighted by Gasteiger charge is -2.48. The molecule has 0 N–H and O–H groups in total. The molecular weight excluding hydrogens is 572 g/mol. The summed E-state index contributed by atoms with van der Waals surface area (Å²) in [6.45, 7) is 11.1. The molecular formula is C33H44O9S. The van der Waals surface area contributed by atoms with E-state index in [9.17, 15) is 9.59 Å². The van der Waals surface area contributed by atoms with Gasteiger partial charge in [-0.15, -0.1) is 0 Å². The van der Waals surface area contributed by atoms with Crippen LogP contribution in [0.5, 0.6) is 0 Å². The Morgan fingerprint density at radius 1 is 0.721 bits per heavy atom. The third-order valence-corrected chi connectivity index (χ3v) is 9.07. The molecule has 9 nitrogen and oxygen atoms in total. The second kappa shape index (κ2) is 14.5. The fourth-order valence-corrected chi connectivity index (χ4v) is 6.48. The van der Waals surface area contributed by atoms with Crippen LogP contribution >= 0.6 is 11.8 Å². The molecule has 0 amide bonds. The van der Waals surface area contributed by atoms with Gasteiger partial charge in [0.15, 0.2) is 18.5 Å². The maximum absolute atomic E-state index is 13.2. The minimum atomic E-state index is -1.04. The van der Waals surface area contributed by atoms with Gasteiger partial charge in [0.2, 0.25) is 0 Å². The molecule has 0 bridgehead atoms. The van der Waals surface area contributed by atoms with Crippen molar-refractivity contribution in [1.29, 1.82) is 0 Å². The van der Waals surface area contributed by atoms with Crippen LogP contribution in [0.3, 0.4) is 0 Å². The molecule has 2 aliphatic heterocycles. The lowest BCUT2D eigenvalue weighted by molar-refractivity contribution is -0.333. The molecule has 0 aliphatic carbocycles. The first-order valence-corrected chi connectivity index (χ1v) is 15.5. The van der Waals surface area contributed by atoms with Gasteiger partial charge in [0.05, 0.1) is 29.3 Å². The Morgan fingerprint density at radius 3 is 1.88 bits per heavy atom. The lowest BCUT2D eigenvalue weighted by atomic mass is 9.93. The summed E-state index contributed by atoms with van der Waals surface area (Å²) >= 11 is 1.64. The molecule has 0 saturated carbocycles. The summed E-state index contributed by atoms with van der Waals surface area (Å²) in [4.78, 5) is 27.3. The molecule has 10 atom stereocenters. The zero-order valence-electron chi connectivity index (χ0n) is 26.1. The minimum Gasteiger partial charge on any atom is -0.454 e. The summed E-state index contributed by atoms with van der Waals surface area (Å²) in [7, 11) is 3.14. The smallest absolute Gasteiger partial charge is 0.338 e. The zero-order valence-corrected chi connectivity index (χ0v) is 26.9. The molecule has 10 heteroatoms. The Balaban J connectivity index is 1.57. The number of esters is 2. The number of ether oxygens (including phenoxy) is 7. The van der Waals surface area contributed by atoms with Crippen LogP contribution in [0.25, 0.3) is 0 Å². The number of thioether (sulfide) groups is 1. The fourth-order valence-electron chi connectivity index (χ4n) is 5.30. The van der Waals surface area contributed by atoms with E-state index in [1.165, 1.54) is 7.11 Å². The van der Waals surface area contributed by atoms with E-state index in [1.807, 2.05) is 43.3 Å². The highest BCUT2D eigenvalue weighted by molar-refractivity contribution is 7.99. The SMILES string of the molecule is COC1C(C)C(Sc2ccccc2)OC(C)C1OC1OC(C)C(OC(=O)c2ccccc2)C(OC)C1OC(=O)C(C)(C)C. The van der Waals surface area contributed by atoms with Crippen molar-refractivity contribution in [3.05, 3.63) is 66.2 Å². The number of hydrogen-bond acceptors (Lipinski definition) is 10. The van der Waals surface area contributed by atoms with E-state index in [2.05, 4.69) is 6.92 Å². The molecule has 2 saturated heterocycles. The number of benzene rings is 2. The largest absolute Gasteiger partial charge is 0.454 e. The summed E-state index contributed by atoms with van der Waals surface area (Å²) in [5.41, 5.74) is -0.593. The summed E-state index contributed by atoms with van der Waals surface area (Å²) in [6.07, 6.45) is -5.76. The Labute approximate surface area is 258 Å². The molecule has 0 aromatic heterocycles. The van der Waals surface area contributed by atoms with Crippen molar-refractivity contribution >= 4 is 23.7 Å². The fraction of sp³-hybridized carbons (Fsp3) is 0.576. The normalized spacial score (nSPS) is 33.0. The van der Waals surface area contributed by atoms with Gasteiger partial charge in [-0.2, -0.15) is 0 Å². The van der Waals surface area contributed by atoms with Gasteiger partial charge < -0.3 is 33.2 Å². The van der Waals surface area contributed by atoms with Crippen molar-refractivity contribution in [2.75, 3.05) is 14.2 Å². The van der Waals surface area contributed by atoms with E-state index < -0.39 is 54.2 Å². The van der Waals surface area contributed by atoms with Gasteiger partial charge in [-0.25, -0.2) is 4.79 Å². The Morgan fingerprint density at radius 2 is 1.30 bits per heavy atom. The molecule has 2 aliphatic rings. The molecule has 2 fully saturated rings. The lowest BCUT2D eigenvalue weighted by Crippen LogP contribution is -2.63. The van der Waals surface area contributed by atoms with Crippen LogP contribution in [0, 0.1) is 11.3 Å². The molecule has 236 valence electrons. The third-order valence-electron chi connectivity index (χ3n) is 7.75. The van der Waals surface area contributed by atoms with Gasteiger partial charge in [0.1, 0.15) is 17.6 Å². The maximum Gasteiger partial charge on any atom is 0.338 e. The van der Waals surface area contributed by atoms with E-state index in [0.717, 1.165) is 4.90 Å². The first-order chi connectivity index (χ1) is 20.4. The summed E-state index contributed by atoms with van der Waals surface area (Å²) in [5, 5.41) is 0. The van der Waals surface area contributed by atoms with Gasteiger partial charge in [-0.3, -0.25) is 4.79 Å². The third kappa shape index (κ3) is 7.98. The highest BCUT2D eigenvalue weighted by Gasteiger charge is 2.53.